The lowest BCUT2D eigenvalue weighted by Gasteiger charge is -1.87. The molecule has 0 rings (SSSR count). The molecule has 10 heavy (non-hydrogen) atoms. The van der Waals surface area contributed by atoms with E-state index in [1.54, 1.807) is 6.92 Å². The van der Waals surface area contributed by atoms with Gasteiger partial charge in [-0.1, -0.05) is 5.92 Å². The number of rotatable bonds is 2. The fourth-order valence-electron chi connectivity index (χ4n) is 0.499. The molecule has 0 aromatic rings. The van der Waals surface area contributed by atoms with Crippen molar-refractivity contribution < 1.29 is 5.11 Å². The third-order valence-electron chi connectivity index (χ3n) is 0.934. The van der Waals surface area contributed by atoms with Crippen LogP contribution in [-0.2, 0) is 0 Å². The lowest BCUT2D eigenvalue weighted by atomic mass is 10.2. The van der Waals surface area contributed by atoms with E-state index >= 15 is 0 Å². The van der Waals surface area contributed by atoms with Crippen molar-refractivity contribution in [3.8, 4) is 24.2 Å². The zero-order valence-corrected chi connectivity index (χ0v) is 6.22. The first-order valence-electron chi connectivity index (χ1n) is 3.37. The summed E-state index contributed by atoms with van der Waals surface area (Å²) in [6.45, 7) is 1.65. The van der Waals surface area contributed by atoms with Gasteiger partial charge in [0.1, 0.15) is 6.10 Å². The van der Waals surface area contributed by atoms with Crippen molar-refractivity contribution >= 4 is 0 Å². The van der Waals surface area contributed by atoms with E-state index in [9.17, 15) is 0 Å². The predicted octanol–water partition coefficient (Wildman–Crippen LogP) is 1.17. The van der Waals surface area contributed by atoms with E-state index in [4.69, 9.17) is 11.5 Å². The second-order valence-corrected chi connectivity index (χ2v) is 2.05. The minimum absolute atomic E-state index is 0.508. The van der Waals surface area contributed by atoms with Crippen molar-refractivity contribution in [3.05, 3.63) is 0 Å². The zero-order chi connectivity index (χ0) is 7.82. The predicted molar refractivity (Wildman–Crippen MR) is 42.1 cm³/mol. The van der Waals surface area contributed by atoms with Crippen LogP contribution in [0.2, 0.25) is 0 Å². The van der Waals surface area contributed by atoms with Gasteiger partial charge in [0.25, 0.3) is 0 Å². The molecule has 0 saturated heterocycles. The first-order valence-corrected chi connectivity index (χ1v) is 3.37. The van der Waals surface area contributed by atoms with Crippen molar-refractivity contribution in [2.75, 3.05) is 0 Å². The second-order valence-electron chi connectivity index (χ2n) is 2.05. The minimum atomic E-state index is -0.508. The normalized spacial score (nSPS) is 10.9. The van der Waals surface area contributed by atoms with Crippen molar-refractivity contribution in [3.63, 3.8) is 0 Å². The Labute approximate surface area is 62.5 Å². The summed E-state index contributed by atoms with van der Waals surface area (Å²) in [7, 11) is 0. The molecule has 0 bridgehead atoms. The van der Waals surface area contributed by atoms with Crippen LogP contribution in [-0.4, -0.2) is 11.2 Å². The van der Waals surface area contributed by atoms with Gasteiger partial charge in [-0.3, -0.25) is 0 Å². The Kier molecular flexibility index (Phi) is 5.63. The van der Waals surface area contributed by atoms with Gasteiger partial charge >= 0.3 is 0 Å². The molecule has 54 valence electrons. The van der Waals surface area contributed by atoms with E-state index in [1.807, 2.05) is 0 Å². The third kappa shape index (κ3) is 7.08. The van der Waals surface area contributed by atoms with Gasteiger partial charge in [-0.05, 0) is 13.3 Å². The second kappa shape index (κ2) is 6.20. The highest BCUT2D eigenvalue weighted by molar-refractivity contribution is 5.03. The molecule has 0 aliphatic carbocycles. The van der Waals surface area contributed by atoms with E-state index in [1.165, 1.54) is 0 Å². The molecule has 0 spiro atoms. The molecular formula is C9H12O. The molecule has 0 aromatic carbocycles. The van der Waals surface area contributed by atoms with Gasteiger partial charge in [-0.2, -0.15) is 0 Å². The highest BCUT2D eigenvalue weighted by Gasteiger charge is 1.82. The number of hydrogen-bond donors (Lipinski definition) is 1. The average Bonchev–Trinajstić information content (AvgIpc) is 1.87. The summed E-state index contributed by atoms with van der Waals surface area (Å²) in [5.74, 6) is 7.99. The molecule has 1 nitrogen and oxygen atoms in total. The molecule has 1 heteroatoms. The number of terminal acetylenes is 1. The summed E-state index contributed by atoms with van der Waals surface area (Å²) < 4.78 is 0. The van der Waals surface area contributed by atoms with Crippen LogP contribution < -0.4 is 0 Å². The van der Waals surface area contributed by atoms with E-state index < -0.39 is 6.10 Å². The van der Waals surface area contributed by atoms with Crippen molar-refractivity contribution in [1.82, 2.24) is 0 Å². The number of aliphatic hydroxyl groups is 1. The molecule has 1 N–H and O–H groups in total. The summed E-state index contributed by atoms with van der Waals surface area (Å²) in [6.07, 6.45) is 7.00. The van der Waals surface area contributed by atoms with E-state index in [-0.39, 0.29) is 0 Å². The van der Waals surface area contributed by atoms with Gasteiger partial charge in [0.05, 0.1) is 0 Å². The van der Waals surface area contributed by atoms with Crippen molar-refractivity contribution in [2.45, 2.75) is 32.3 Å². The Bertz CT molecular complexity index is 163. The first-order chi connectivity index (χ1) is 4.77. The molecule has 0 fully saturated rings. The molecule has 0 aromatic heterocycles. The maximum atomic E-state index is 8.69. The third-order valence-corrected chi connectivity index (χ3v) is 0.934. The van der Waals surface area contributed by atoms with Gasteiger partial charge in [0.2, 0.25) is 0 Å². The molecule has 1 unspecified atom stereocenters. The van der Waals surface area contributed by atoms with E-state index in [0.717, 1.165) is 19.3 Å². The molecular weight excluding hydrogens is 124 g/mol. The molecule has 0 saturated carbocycles. The van der Waals surface area contributed by atoms with Crippen LogP contribution in [0.5, 0.6) is 0 Å². The van der Waals surface area contributed by atoms with Crippen LogP contribution in [0.25, 0.3) is 0 Å². The average molecular weight is 136 g/mol. The van der Waals surface area contributed by atoms with Gasteiger partial charge in [0, 0.05) is 12.8 Å². The van der Waals surface area contributed by atoms with Gasteiger partial charge in [-0.25, -0.2) is 0 Å². The lowest BCUT2D eigenvalue weighted by Crippen LogP contribution is -1.92. The van der Waals surface area contributed by atoms with E-state index in [0.29, 0.717) is 0 Å². The largest absolute Gasteiger partial charge is 0.381 e. The van der Waals surface area contributed by atoms with Crippen molar-refractivity contribution in [1.29, 1.82) is 0 Å². The summed E-state index contributed by atoms with van der Waals surface area (Å²) in [5.41, 5.74) is 0. The Morgan fingerprint density at radius 1 is 1.50 bits per heavy atom. The standard InChI is InChI=1S/C9H12O/c1-3-4-5-6-7-8-9(2)10/h1,9-10H,4-6H2,2H3. The van der Waals surface area contributed by atoms with Crippen LogP contribution in [0.1, 0.15) is 26.2 Å². The van der Waals surface area contributed by atoms with Gasteiger partial charge < -0.3 is 5.11 Å². The highest BCUT2D eigenvalue weighted by Crippen LogP contribution is 1.90. The number of hydrogen-bond acceptors (Lipinski definition) is 1. The molecule has 0 aliphatic rings. The monoisotopic (exact) mass is 136 g/mol. The lowest BCUT2D eigenvalue weighted by molar-refractivity contribution is 0.253. The van der Waals surface area contributed by atoms with Gasteiger partial charge in [0.15, 0.2) is 0 Å². The number of aliphatic hydroxyl groups excluding tert-OH is 1. The van der Waals surface area contributed by atoms with Crippen LogP contribution in [0.3, 0.4) is 0 Å². The molecule has 0 radical (unpaired) electrons. The van der Waals surface area contributed by atoms with Crippen LogP contribution in [0.4, 0.5) is 0 Å². The minimum Gasteiger partial charge on any atom is -0.381 e. The topological polar surface area (TPSA) is 20.2 Å². The maximum absolute atomic E-state index is 8.69. The Morgan fingerprint density at radius 2 is 2.20 bits per heavy atom. The van der Waals surface area contributed by atoms with Crippen molar-refractivity contribution in [2.24, 2.45) is 0 Å². The molecule has 0 aliphatic heterocycles. The zero-order valence-electron chi connectivity index (χ0n) is 6.22. The fourth-order valence-corrected chi connectivity index (χ4v) is 0.499. The molecule has 0 heterocycles. The maximum Gasteiger partial charge on any atom is 0.111 e. The summed E-state index contributed by atoms with van der Waals surface area (Å²) in [6, 6.07) is 0. The number of unbranched alkanes of at least 4 members (excludes halogenated alkanes) is 2. The Morgan fingerprint density at radius 3 is 2.70 bits per heavy atom. The molecule has 0 amide bonds. The van der Waals surface area contributed by atoms with E-state index in [2.05, 4.69) is 17.8 Å². The SMILES string of the molecule is C#CCCCC#CC(C)O. The van der Waals surface area contributed by atoms with Crippen LogP contribution in [0, 0.1) is 24.2 Å². The summed E-state index contributed by atoms with van der Waals surface area (Å²) >= 11 is 0. The fraction of sp³-hybridized carbons (Fsp3) is 0.556. The summed E-state index contributed by atoms with van der Waals surface area (Å²) in [4.78, 5) is 0. The Balaban J connectivity index is 3.22. The Hall–Kier alpha value is -0.920. The quantitative estimate of drug-likeness (QED) is 0.446. The first kappa shape index (κ1) is 9.08. The van der Waals surface area contributed by atoms with Crippen LogP contribution in [0.15, 0.2) is 0 Å². The smallest absolute Gasteiger partial charge is 0.111 e. The summed E-state index contributed by atoms with van der Waals surface area (Å²) in [5, 5.41) is 8.69. The molecule has 1 atom stereocenters. The van der Waals surface area contributed by atoms with Gasteiger partial charge in [-0.15, -0.1) is 18.3 Å². The highest BCUT2D eigenvalue weighted by atomic mass is 16.3. The van der Waals surface area contributed by atoms with Crippen LogP contribution >= 0.6 is 0 Å².